The number of aryl methyl sites for hydroxylation is 1. The van der Waals surface area contributed by atoms with Gasteiger partial charge in [-0.3, -0.25) is 4.79 Å². The lowest BCUT2D eigenvalue weighted by atomic mass is 9.95. The number of nitrogens with zero attached hydrogens (tertiary/aromatic N) is 1. The fraction of sp³-hybridized carbons (Fsp3) is 0.385. The van der Waals surface area contributed by atoms with Gasteiger partial charge in [-0.25, -0.2) is 4.98 Å². The molecule has 0 atom stereocenters. The highest BCUT2D eigenvalue weighted by Gasteiger charge is 2.18. The van der Waals surface area contributed by atoms with Gasteiger partial charge in [0.25, 0.3) is 5.56 Å². The van der Waals surface area contributed by atoms with Crippen LogP contribution in [0.2, 0.25) is 0 Å². The van der Waals surface area contributed by atoms with E-state index in [0.717, 1.165) is 16.4 Å². The number of hydrogen-bond acceptors (Lipinski definition) is 3. The van der Waals surface area contributed by atoms with Crippen LogP contribution in [-0.2, 0) is 5.41 Å². The molecule has 2 aromatic heterocycles. The highest BCUT2D eigenvalue weighted by molar-refractivity contribution is 7.15. The molecule has 0 bridgehead atoms. The molecule has 0 aromatic carbocycles. The van der Waals surface area contributed by atoms with E-state index >= 15 is 0 Å². The second-order valence-electron chi connectivity index (χ2n) is 5.14. The lowest BCUT2D eigenvalue weighted by molar-refractivity contribution is 0.543. The number of hydrogen-bond donors (Lipinski definition) is 1. The van der Waals surface area contributed by atoms with Crippen LogP contribution < -0.4 is 5.56 Å². The molecular formula is C13H16N2OS. The molecule has 0 unspecified atom stereocenters. The molecule has 0 aliphatic rings. The van der Waals surface area contributed by atoms with Crippen LogP contribution in [0.15, 0.2) is 23.0 Å². The largest absolute Gasteiger partial charge is 0.310 e. The Morgan fingerprint density at radius 2 is 2.00 bits per heavy atom. The minimum atomic E-state index is -0.151. The van der Waals surface area contributed by atoms with Crippen molar-refractivity contribution in [3.8, 4) is 10.6 Å². The SMILES string of the molecule is Cc1ccc(-c2cc(=O)[nH]c(C(C)(C)C)n2)s1. The first-order valence-corrected chi connectivity index (χ1v) is 6.36. The Bertz CT molecular complexity index is 590. The van der Waals surface area contributed by atoms with Crippen molar-refractivity contribution in [1.29, 1.82) is 0 Å². The molecule has 0 saturated carbocycles. The van der Waals surface area contributed by atoms with E-state index in [2.05, 4.69) is 9.97 Å². The smallest absolute Gasteiger partial charge is 0.251 e. The quantitative estimate of drug-likeness (QED) is 0.843. The van der Waals surface area contributed by atoms with Crippen LogP contribution in [0.25, 0.3) is 10.6 Å². The summed E-state index contributed by atoms with van der Waals surface area (Å²) in [5.74, 6) is 0.728. The molecule has 3 nitrogen and oxygen atoms in total. The monoisotopic (exact) mass is 248 g/mol. The number of H-pyrrole nitrogens is 1. The van der Waals surface area contributed by atoms with E-state index in [1.54, 1.807) is 17.4 Å². The predicted octanol–water partition coefficient (Wildman–Crippen LogP) is 3.10. The number of rotatable bonds is 1. The molecule has 0 aliphatic heterocycles. The lowest BCUT2D eigenvalue weighted by Crippen LogP contribution is -2.21. The highest BCUT2D eigenvalue weighted by Crippen LogP contribution is 2.26. The van der Waals surface area contributed by atoms with Crippen molar-refractivity contribution < 1.29 is 0 Å². The number of nitrogens with one attached hydrogen (secondary N) is 1. The van der Waals surface area contributed by atoms with E-state index in [9.17, 15) is 4.79 Å². The van der Waals surface area contributed by atoms with Crippen LogP contribution >= 0.6 is 11.3 Å². The van der Waals surface area contributed by atoms with Crippen molar-refractivity contribution >= 4 is 11.3 Å². The standard InChI is InChI=1S/C13H16N2OS/c1-8-5-6-10(17-8)9-7-11(16)15-12(14-9)13(2,3)4/h5-7H,1-4H3,(H,14,15,16). The summed E-state index contributed by atoms with van der Waals surface area (Å²) >= 11 is 1.65. The molecule has 0 fully saturated rings. The first-order valence-electron chi connectivity index (χ1n) is 5.55. The molecule has 2 aromatic rings. The van der Waals surface area contributed by atoms with Gasteiger partial charge in [-0.05, 0) is 19.1 Å². The normalized spacial score (nSPS) is 11.8. The summed E-state index contributed by atoms with van der Waals surface area (Å²) in [5, 5.41) is 0. The molecule has 2 heterocycles. The van der Waals surface area contributed by atoms with E-state index in [4.69, 9.17) is 0 Å². The number of thiophene rings is 1. The summed E-state index contributed by atoms with van der Waals surface area (Å²) in [7, 11) is 0. The van der Waals surface area contributed by atoms with Crippen molar-refractivity contribution in [3.05, 3.63) is 39.3 Å². The van der Waals surface area contributed by atoms with E-state index < -0.39 is 0 Å². The summed E-state index contributed by atoms with van der Waals surface area (Å²) in [4.78, 5) is 21.3. The minimum Gasteiger partial charge on any atom is -0.310 e. The molecular weight excluding hydrogens is 232 g/mol. The van der Waals surface area contributed by atoms with Crippen molar-refractivity contribution in [2.24, 2.45) is 0 Å². The molecule has 1 N–H and O–H groups in total. The zero-order valence-corrected chi connectivity index (χ0v) is 11.3. The van der Waals surface area contributed by atoms with Crippen LogP contribution in [0.3, 0.4) is 0 Å². The van der Waals surface area contributed by atoms with Gasteiger partial charge in [-0.15, -0.1) is 11.3 Å². The van der Waals surface area contributed by atoms with E-state index in [-0.39, 0.29) is 11.0 Å². The Morgan fingerprint density at radius 3 is 2.53 bits per heavy atom. The molecule has 0 saturated heterocycles. The molecule has 0 aliphatic carbocycles. The summed E-state index contributed by atoms with van der Waals surface area (Å²) < 4.78 is 0. The zero-order chi connectivity index (χ0) is 12.6. The van der Waals surface area contributed by atoms with Gasteiger partial charge in [0, 0.05) is 16.4 Å². The van der Waals surface area contributed by atoms with Gasteiger partial charge in [0.2, 0.25) is 0 Å². The Kier molecular flexibility index (Phi) is 2.91. The average Bonchev–Trinajstić information content (AvgIpc) is 2.62. The maximum Gasteiger partial charge on any atom is 0.251 e. The molecule has 2 rings (SSSR count). The van der Waals surface area contributed by atoms with Gasteiger partial charge < -0.3 is 4.98 Å². The first-order chi connectivity index (χ1) is 7.86. The molecule has 90 valence electrons. The molecule has 0 amide bonds. The van der Waals surface area contributed by atoms with E-state index in [1.165, 1.54) is 4.88 Å². The summed E-state index contributed by atoms with van der Waals surface area (Å²) in [5.41, 5.74) is 0.518. The minimum absolute atomic E-state index is 0.0917. The third-order valence-corrected chi connectivity index (χ3v) is 3.47. The number of aromatic nitrogens is 2. The van der Waals surface area contributed by atoms with Crippen LogP contribution in [0.5, 0.6) is 0 Å². The second kappa shape index (κ2) is 4.11. The van der Waals surface area contributed by atoms with Crippen LogP contribution in [0.4, 0.5) is 0 Å². The van der Waals surface area contributed by atoms with Gasteiger partial charge in [-0.2, -0.15) is 0 Å². The zero-order valence-electron chi connectivity index (χ0n) is 10.5. The Labute approximate surface area is 105 Å². The van der Waals surface area contributed by atoms with Crippen molar-refractivity contribution in [3.63, 3.8) is 0 Å². The first kappa shape index (κ1) is 12.0. The van der Waals surface area contributed by atoms with Crippen LogP contribution in [-0.4, -0.2) is 9.97 Å². The van der Waals surface area contributed by atoms with Gasteiger partial charge in [0.05, 0.1) is 10.6 Å². The fourth-order valence-corrected chi connectivity index (χ4v) is 2.34. The Balaban J connectivity index is 2.57. The third kappa shape index (κ3) is 2.64. The van der Waals surface area contributed by atoms with Gasteiger partial charge >= 0.3 is 0 Å². The van der Waals surface area contributed by atoms with E-state index in [0.29, 0.717) is 0 Å². The van der Waals surface area contributed by atoms with Gasteiger partial charge in [0.15, 0.2) is 0 Å². The lowest BCUT2D eigenvalue weighted by Gasteiger charge is -2.17. The Hall–Kier alpha value is -1.42. The maximum absolute atomic E-state index is 11.6. The second-order valence-corrected chi connectivity index (χ2v) is 6.43. The van der Waals surface area contributed by atoms with E-state index in [1.807, 2.05) is 39.8 Å². The third-order valence-electron chi connectivity index (χ3n) is 2.44. The van der Waals surface area contributed by atoms with Crippen LogP contribution in [0, 0.1) is 6.92 Å². The maximum atomic E-state index is 11.6. The summed E-state index contributed by atoms with van der Waals surface area (Å²) in [6, 6.07) is 5.61. The topological polar surface area (TPSA) is 45.8 Å². The average molecular weight is 248 g/mol. The Morgan fingerprint density at radius 1 is 1.29 bits per heavy atom. The molecule has 4 heteroatoms. The van der Waals surface area contributed by atoms with Crippen molar-refractivity contribution in [2.45, 2.75) is 33.1 Å². The molecule has 17 heavy (non-hydrogen) atoms. The van der Waals surface area contributed by atoms with Crippen LogP contribution in [0.1, 0.15) is 31.5 Å². The molecule has 0 spiro atoms. The van der Waals surface area contributed by atoms with Crippen molar-refractivity contribution in [2.75, 3.05) is 0 Å². The van der Waals surface area contributed by atoms with Gasteiger partial charge in [0.1, 0.15) is 5.82 Å². The molecule has 0 radical (unpaired) electrons. The van der Waals surface area contributed by atoms with Gasteiger partial charge in [-0.1, -0.05) is 20.8 Å². The highest BCUT2D eigenvalue weighted by atomic mass is 32.1. The summed E-state index contributed by atoms with van der Waals surface area (Å²) in [6.07, 6.45) is 0. The van der Waals surface area contributed by atoms with Crippen molar-refractivity contribution in [1.82, 2.24) is 9.97 Å². The number of aromatic amines is 1. The summed E-state index contributed by atoms with van der Waals surface area (Å²) in [6.45, 7) is 8.16. The predicted molar refractivity (Wildman–Crippen MR) is 71.6 cm³/mol. The fourth-order valence-electron chi connectivity index (χ4n) is 1.51.